The van der Waals surface area contributed by atoms with Crippen LogP contribution < -0.4 is 0 Å². The minimum atomic E-state index is 0.205. The SMILES string of the molecule is C=C(/C=C(\C)C(C)C)C(C)(C)C. The third-order valence-electron chi connectivity index (χ3n) is 2.28. The molecule has 0 aliphatic carbocycles. The standard InChI is InChI=1S/C12H22/c1-9(2)10(3)8-11(4)12(5,6)7/h8-9H,4H2,1-3,5-7H3/b10-8+. The Hall–Kier alpha value is -0.520. The second kappa shape index (κ2) is 3.93. The van der Waals surface area contributed by atoms with Crippen LogP contribution in [0, 0.1) is 11.3 Å². The first kappa shape index (κ1) is 11.5. The van der Waals surface area contributed by atoms with Gasteiger partial charge in [0.1, 0.15) is 0 Å². The van der Waals surface area contributed by atoms with Crippen LogP contribution in [-0.4, -0.2) is 0 Å². The molecule has 0 radical (unpaired) electrons. The molecule has 0 atom stereocenters. The van der Waals surface area contributed by atoms with Gasteiger partial charge in [-0.05, 0) is 23.8 Å². The molecule has 0 fully saturated rings. The van der Waals surface area contributed by atoms with Crippen molar-refractivity contribution in [3.8, 4) is 0 Å². The highest BCUT2D eigenvalue weighted by molar-refractivity contribution is 5.25. The largest absolute Gasteiger partial charge is 0.0953 e. The van der Waals surface area contributed by atoms with E-state index in [2.05, 4.69) is 54.2 Å². The lowest BCUT2D eigenvalue weighted by atomic mass is 9.85. The first-order chi connectivity index (χ1) is 5.25. The lowest BCUT2D eigenvalue weighted by molar-refractivity contribution is 0.517. The smallest absolute Gasteiger partial charge is 0.0138 e. The van der Waals surface area contributed by atoms with Crippen LogP contribution >= 0.6 is 0 Å². The first-order valence-corrected chi connectivity index (χ1v) is 4.62. The van der Waals surface area contributed by atoms with Gasteiger partial charge in [0.15, 0.2) is 0 Å². The molecule has 0 N–H and O–H groups in total. The molecule has 70 valence electrons. The zero-order valence-corrected chi connectivity index (χ0v) is 9.36. The van der Waals surface area contributed by atoms with Crippen LogP contribution in [-0.2, 0) is 0 Å². The maximum Gasteiger partial charge on any atom is -0.0138 e. The molecule has 0 rings (SSSR count). The summed E-state index contributed by atoms with van der Waals surface area (Å²) in [6.45, 7) is 17.2. The van der Waals surface area contributed by atoms with Gasteiger partial charge in [0.05, 0.1) is 0 Å². The summed E-state index contributed by atoms with van der Waals surface area (Å²) >= 11 is 0. The predicted octanol–water partition coefficient (Wildman–Crippen LogP) is 4.19. The highest BCUT2D eigenvalue weighted by Crippen LogP contribution is 2.26. The van der Waals surface area contributed by atoms with Crippen molar-refractivity contribution in [3.05, 3.63) is 23.8 Å². The molecule has 0 aromatic heterocycles. The summed E-state index contributed by atoms with van der Waals surface area (Å²) in [5, 5.41) is 0. The van der Waals surface area contributed by atoms with Crippen molar-refractivity contribution in [2.45, 2.75) is 41.5 Å². The topological polar surface area (TPSA) is 0 Å². The molecule has 0 saturated carbocycles. The summed E-state index contributed by atoms with van der Waals surface area (Å²) < 4.78 is 0. The summed E-state index contributed by atoms with van der Waals surface area (Å²) in [4.78, 5) is 0. The van der Waals surface area contributed by atoms with Crippen LogP contribution in [0.1, 0.15) is 41.5 Å². The number of allylic oxidation sites excluding steroid dienone is 3. The molecule has 0 bridgehead atoms. The predicted molar refractivity (Wildman–Crippen MR) is 57.2 cm³/mol. The minimum absolute atomic E-state index is 0.205. The highest BCUT2D eigenvalue weighted by Gasteiger charge is 2.12. The fraction of sp³-hybridized carbons (Fsp3) is 0.667. The lowest BCUT2D eigenvalue weighted by Gasteiger charge is -2.20. The molecule has 0 unspecified atom stereocenters. The van der Waals surface area contributed by atoms with Crippen LogP contribution in [0.4, 0.5) is 0 Å². The second-order valence-corrected chi connectivity index (χ2v) is 4.82. The van der Waals surface area contributed by atoms with Crippen molar-refractivity contribution in [1.29, 1.82) is 0 Å². The van der Waals surface area contributed by atoms with Crippen molar-refractivity contribution in [3.63, 3.8) is 0 Å². The van der Waals surface area contributed by atoms with Crippen LogP contribution in [0.2, 0.25) is 0 Å². The molecule has 0 aromatic rings. The zero-order chi connectivity index (χ0) is 9.94. The van der Waals surface area contributed by atoms with Gasteiger partial charge in [-0.15, -0.1) is 0 Å². The molecule has 0 aliphatic rings. The van der Waals surface area contributed by atoms with Crippen molar-refractivity contribution < 1.29 is 0 Å². The van der Waals surface area contributed by atoms with E-state index < -0.39 is 0 Å². The van der Waals surface area contributed by atoms with Crippen molar-refractivity contribution in [1.82, 2.24) is 0 Å². The van der Waals surface area contributed by atoms with Gasteiger partial charge in [0.2, 0.25) is 0 Å². The Kier molecular flexibility index (Phi) is 3.76. The Balaban J connectivity index is 4.46. The molecule has 0 spiro atoms. The van der Waals surface area contributed by atoms with E-state index in [1.165, 1.54) is 11.1 Å². The number of hydrogen-bond donors (Lipinski definition) is 0. The Labute approximate surface area is 77.4 Å². The Bertz CT molecular complexity index is 187. The molecule has 0 heteroatoms. The molecule has 0 saturated heterocycles. The van der Waals surface area contributed by atoms with Crippen molar-refractivity contribution in [2.75, 3.05) is 0 Å². The van der Waals surface area contributed by atoms with Crippen LogP contribution in [0.15, 0.2) is 23.8 Å². The van der Waals surface area contributed by atoms with Gasteiger partial charge in [-0.3, -0.25) is 0 Å². The molecular weight excluding hydrogens is 144 g/mol. The van der Waals surface area contributed by atoms with Gasteiger partial charge in [-0.25, -0.2) is 0 Å². The molecule has 0 aliphatic heterocycles. The molecule has 0 nitrogen and oxygen atoms in total. The quantitative estimate of drug-likeness (QED) is 0.539. The monoisotopic (exact) mass is 166 g/mol. The van der Waals surface area contributed by atoms with Crippen LogP contribution in [0.5, 0.6) is 0 Å². The van der Waals surface area contributed by atoms with E-state index in [1.54, 1.807) is 0 Å². The normalized spacial score (nSPS) is 13.8. The van der Waals surface area contributed by atoms with Crippen molar-refractivity contribution in [2.24, 2.45) is 11.3 Å². The molecule has 0 aromatic carbocycles. The van der Waals surface area contributed by atoms with E-state index in [-0.39, 0.29) is 5.41 Å². The first-order valence-electron chi connectivity index (χ1n) is 4.62. The molecule has 12 heavy (non-hydrogen) atoms. The third kappa shape index (κ3) is 3.75. The van der Waals surface area contributed by atoms with E-state index in [4.69, 9.17) is 0 Å². The Morgan fingerprint density at radius 2 is 1.67 bits per heavy atom. The summed E-state index contributed by atoms with van der Waals surface area (Å²) in [7, 11) is 0. The van der Waals surface area contributed by atoms with E-state index in [0.717, 1.165) is 0 Å². The van der Waals surface area contributed by atoms with Crippen LogP contribution in [0.25, 0.3) is 0 Å². The highest BCUT2D eigenvalue weighted by atomic mass is 14.2. The van der Waals surface area contributed by atoms with Gasteiger partial charge < -0.3 is 0 Å². The fourth-order valence-electron chi connectivity index (χ4n) is 0.658. The maximum absolute atomic E-state index is 4.07. The third-order valence-corrected chi connectivity index (χ3v) is 2.28. The minimum Gasteiger partial charge on any atom is -0.0953 e. The van der Waals surface area contributed by atoms with Crippen molar-refractivity contribution >= 4 is 0 Å². The molecule has 0 heterocycles. The van der Waals surface area contributed by atoms with E-state index in [1.807, 2.05) is 0 Å². The number of rotatable bonds is 2. The summed E-state index contributed by atoms with van der Waals surface area (Å²) in [5.74, 6) is 0.629. The van der Waals surface area contributed by atoms with Crippen LogP contribution in [0.3, 0.4) is 0 Å². The van der Waals surface area contributed by atoms with E-state index in [0.29, 0.717) is 5.92 Å². The van der Waals surface area contributed by atoms with E-state index >= 15 is 0 Å². The molecular formula is C12H22. The zero-order valence-electron chi connectivity index (χ0n) is 9.36. The molecule has 0 amide bonds. The van der Waals surface area contributed by atoms with Gasteiger partial charge in [0, 0.05) is 0 Å². The van der Waals surface area contributed by atoms with Gasteiger partial charge in [-0.2, -0.15) is 0 Å². The maximum atomic E-state index is 4.07. The Morgan fingerprint density at radius 1 is 1.25 bits per heavy atom. The fourth-order valence-corrected chi connectivity index (χ4v) is 0.658. The average molecular weight is 166 g/mol. The Morgan fingerprint density at radius 3 is 1.92 bits per heavy atom. The van der Waals surface area contributed by atoms with Gasteiger partial charge >= 0.3 is 0 Å². The number of hydrogen-bond acceptors (Lipinski definition) is 0. The summed E-state index contributed by atoms with van der Waals surface area (Å²) in [6.07, 6.45) is 2.21. The average Bonchev–Trinajstić information content (AvgIpc) is 1.85. The second-order valence-electron chi connectivity index (χ2n) is 4.82. The lowest BCUT2D eigenvalue weighted by Crippen LogP contribution is -2.07. The summed E-state index contributed by atoms with van der Waals surface area (Å²) in [5.41, 5.74) is 2.83. The van der Waals surface area contributed by atoms with Gasteiger partial charge in [-0.1, -0.05) is 52.8 Å². The summed E-state index contributed by atoms with van der Waals surface area (Å²) in [6, 6.07) is 0. The van der Waals surface area contributed by atoms with Gasteiger partial charge in [0.25, 0.3) is 0 Å². The van der Waals surface area contributed by atoms with E-state index in [9.17, 15) is 0 Å².